The number of hydrogen-bond acceptors (Lipinski definition) is 4. The van der Waals surface area contributed by atoms with E-state index in [0.717, 1.165) is 35.2 Å². The van der Waals surface area contributed by atoms with Gasteiger partial charge >= 0.3 is 11.9 Å². The molecule has 0 unspecified atom stereocenters. The minimum atomic E-state index is -4.46. The van der Waals surface area contributed by atoms with Crippen LogP contribution in [-0.2, 0) is 12.7 Å². The van der Waals surface area contributed by atoms with Crippen LogP contribution in [0.2, 0.25) is 0 Å². The van der Waals surface area contributed by atoms with Crippen molar-refractivity contribution in [2.45, 2.75) is 50.6 Å². The van der Waals surface area contributed by atoms with Gasteiger partial charge in [-0.25, -0.2) is 14.9 Å². The third-order valence-electron chi connectivity index (χ3n) is 4.26. The fraction of sp³-hybridized carbons (Fsp3) is 0.350. The topological polar surface area (TPSA) is 63.6 Å². The molecule has 2 aromatic rings. The van der Waals surface area contributed by atoms with Crippen molar-refractivity contribution in [3.05, 3.63) is 69.3 Å². The van der Waals surface area contributed by atoms with Gasteiger partial charge < -0.3 is 0 Å². The van der Waals surface area contributed by atoms with Crippen LogP contribution < -0.4 is 5.69 Å². The number of halogens is 4. The van der Waals surface area contributed by atoms with E-state index in [4.69, 9.17) is 11.6 Å². The molecule has 1 N–H and O–H groups in total. The predicted octanol–water partition coefficient (Wildman–Crippen LogP) is 5.81. The van der Waals surface area contributed by atoms with Crippen molar-refractivity contribution in [1.29, 1.82) is 0 Å². The standard InChI is InChI=1S/C20H22ClF3N4OS/c1-6-12(2)15(21)9-14(19(3,4)5)11-28-17(29)26-27-18(28)30-16-8-7-13(10-25-16)20(22,23)24/h6-10H,1,11H2,2-5H3,(H,26,29)/b14-9+,15-12+. The molecule has 30 heavy (non-hydrogen) atoms. The maximum atomic E-state index is 12.7. The van der Waals surface area contributed by atoms with Crippen molar-refractivity contribution in [1.82, 2.24) is 19.7 Å². The third kappa shape index (κ3) is 6.12. The van der Waals surface area contributed by atoms with E-state index in [2.05, 4.69) is 21.8 Å². The first-order chi connectivity index (χ1) is 13.8. The van der Waals surface area contributed by atoms with E-state index in [1.54, 1.807) is 12.2 Å². The molecule has 5 nitrogen and oxygen atoms in total. The van der Waals surface area contributed by atoms with E-state index in [1.165, 1.54) is 10.6 Å². The normalized spacial score (nSPS) is 13.9. The molecule has 0 aliphatic heterocycles. The first kappa shape index (κ1) is 24.0. The molecule has 0 atom stereocenters. The number of aromatic amines is 1. The zero-order valence-electron chi connectivity index (χ0n) is 17.0. The second-order valence-electron chi connectivity index (χ2n) is 7.54. The Bertz CT molecular complexity index is 1030. The lowest BCUT2D eigenvalue weighted by molar-refractivity contribution is -0.137. The number of hydrogen-bond donors (Lipinski definition) is 1. The summed E-state index contributed by atoms with van der Waals surface area (Å²) in [4.78, 5) is 16.1. The SMILES string of the molecule is C=C/C(C)=C(Cl)\C=C(/Cn1c(Sc2ccc(C(F)(F)F)cn2)n[nH]c1=O)C(C)(C)C. The monoisotopic (exact) mass is 458 g/mol. The summed E-state index contributed by atoms with van der Waals surface area (Å²) in [6, 6.07) is 2.18. The van der Waals surface area contributed by atoms with Gasteiger partial charge in [-0.3, -0.25) is 4.57 Å². The van der Waals surface area contributed by atoms with Gasteiger partial charge in [0.1, 0.15) is 5.03 Å². The smallest absolute Gasteiger partial charge is 0.266 e. The zero-order chi connectivity index (χ0) is 22.7. The van der Waals surface area contributed by atoms with Gasteiger partial charge in [0.25, 0.3) is 0 Å². The first-order valence-corrected chi connectivity index (χ1v) is 10.1. The van der Waals surface area contributed by atoms with Crippen LogP contribution in [0.15, 0.2) is 68.2 Å². The van der Waals surface area contributed by atoms with E-state index in [1.807, 2.05) is 27.7 Å². The molecule has 10 heteroatoms. The summed E-state index contributed by atoms with van der Waals surface area (Å²) in [5, 5.41) is 7.43. The summed E-state index contributed by atoms with van der Waals surface area (Å²) in [5.74, 6) is 0. The lowest BCUT2D eigenvalue weighted by Gasteiger charge is -2.24. The van der Waals surface area contributed by atoms with E-state index in [0.29, 0.717) is 5.03 Å². The summed E-state index contributed by atoms with van der Waals surface area (Å²) in [5.41, 5.74) is 0.0524. The average Bonchev–Trinajstić information content (AvgIpc) is 2.99. The Balaban J connectivity index is 2.38. The Labute approximate surface area is 181 Å². The number of H-pyrrole nitrogens is 1. The van der Waals surface area contributed by atoms with E-state index >= 15 is 0 Å². The van der Waals surface area contributed by atoms with E-state index < -0.39 is 17.4 Å². The molecule has 0 radical (unpaired) electrons. The lowest BCUT2D eigenvalue weighted by atomic mass is 9.85. The molecule has 0 fully saturated rings. The van der Waals surface area contributed by atoms with Gasteiger partial charge in [-0.2, -0.15) is 13.2 Å². The lowest BCUT2D eigenvalue weighted by Crippen LogP contribution is -2.23. The van der Waals surface area contributed by atoms with Crippen molar-refractivity contribution in [2.75, 3.05) is 0 Å². The predicted molar refractivity (Wildman–Crippen MR) is 112 cm³/mol. The third-order valence-corrected chi connectivity index (χ3v) is 5.61. The molecule has 0 spiro atoms. The van der Waals surface area contributed by atoms with Crippen LogP contribution in [-0.4, -0.2) is 19.7 Å². The summed E-state index contributed by atoms with van der Waals surface area (Å²) in [7, 11) is 0. The largest absolute Gasteiger partial charge is 0.417 e. The highest BCUT2D eigenvalue weighted by Crippen LogP contribution is 2.33. The maximum Gasteiger partial charge on any atom is 0.417 e. The molecular weight excluding hydrogens is 437 g/mol. The minimum absolute atomic E-state index is 0.197. The number of alkyl halides is 3. The fourth-order valence-corrected chi connectivity index (χ4v) is 3.24. The van der Waals surface area contributed by atoms with Gasteiger partial charge in [0.2, 0.25) is 0 Å². The first-order valence-electron chi connectivity index (χ1n) is 8.89. The highest BCUT2D eigenvalue weighted by atomic mass is 35.5. The number of pyridine rings is 1. The molecule has 2 rings (SSSR count). The number of nitrogens with one attached hydrogen (secondary N) is 1. The fourth-order valence-electron chi connectivity index (χ4n) is 2.26. The Kier molecular flexibility index (Phi) is 7.41. The highest BCUT2D eigenvalue weighted by molar-refractivity contribution is 7.99. The molecule has 2 heterocycles. The summed E-state index contributed by atoms with van der Waals surface area (Å²) < 4.78 is 39.6. The van der Waals surface area contributed by atoms with Gasteiger partial charge in [-0.1, -0.05) is 45.0 Å². The van der Waals surface area contributed by atoms with Crippen molar-refractivity contribution < 1.29 is 13.2 Å². The molecule has 0 saturated carbocycles. The Morgan fingerprint density at radius 3 is 2.50 bits per heavy atom. The molecule has 0 aliphatic carbocycles. The van der Waals surface area contributed by atoms with Crippen molar-refractivity contribution in [2.24, 2.45) is 5.41 Å². The zero-order valence-corrected chi connectivity index (χ0v) is 18.5. The van der Waals surface area contributed by atoms with Crippen molar-refractivity contribution >= 4 is 23.4 Å². The molecule has 0 aliphatic rings. The summed E-state index contributed by atoms with van der Waals surface area (Å²) in [6.45, 7) is 11.7. The van der Waals surface area contributed by atoms with Crippen molar-refractivity contribution in [3.8, 4) is 0 Å². The van der Waals surface area contributed by atoms with Crippen LogP contribution in [0.1, 0.15) is 33.3 Å². The number of nitrogens with zero attached hydrogens (tertiary/aromatic N) is 3. The van der Waals surface area contributed by atoms with Gasteiger partial charge in [-0.05, 0) is 53.5 Å². The second-order valence-corrected chi connectivity index (χ2v) is 8.93. The number of allylic oxidation sites excluding steroid dienone is 5. The van der Waals surface area contributed by atoms with Crippen LogP contribution in [0.4, 0.5) is 13.2 Å². The molecule has 162 valence electrons. The average molecular weight is 459 g/mol. The molecule has 2 aromatic heterocycles. The summed E-state index contributed by atoms with van der Waals surface area (Å²) >= 11 is 7.34. The Morgan fingerprint density at radius 1 is 1.33 bits per heavy atom. The molecule has 0 amide bonds. The van der Waals surface area contributed by atoms with Crippen LogP contribution in [0.25, 0.3) is 0 Å². The number of rotatable bonds is 6. The van der Waals surface area contributed by atoms with Gasteiger partial charge in [-0.15, -0.1) is 5.10 Å². The van der Waals surface area contributed by atoms with Crippen molar-refractivity contribution in [3.63, 3.8) is 0 Å². The van der Waals surface area contributed by atoms with Gasteiger partial charge in [0, 0.05) is 11.2 Å². The summed E-state index contributed by atoms with van der Waals surface area (Å²) in [6.07, 6.45) is -0.280. The van der Waals surface area contributed by atoms with Gasteiger partial charge in [0.15, 0.2) is 5.16 Å². The van der Waals surface area contributed by atoms with Crippen LogP contribution >= 0.6 is 23.4 Å². The molecular formula is C20H22ClF3N4OS. The van der Waals surface area contributed by atoms with E-state index in [9.17, 15) is 18.0 Å². The van der Waals surface area contributed by atoms with Crippen LogP contribution in [0, 0.1) is 5.41 Å². The highest BCUT2D eigenvalue weighted by Gasteiger charge is 2.30. The minimum Gasteiger partial charge on any atom is -0.266 e. The van der Waals surface area contributed by atoms with Gasteiger partial charge in [0.05, 0.1) is 12.1 Å². The molecule has 0 saturated heterocycles. The quantitative estimate of drug-likeness (QED) is 0.555. The van der Waals surface area contributed by atoms with Crippen LogP contribution in [0.3, 0.4) is 0 Å². The second kappa shape index (κ2) is 9.26. The maximum absolute atomic E-state index is 12.7. The van der Waals surface area contributed by atoms with E-state index in [-0.39, 0.29) is 22.1 Å². The number of aromatic nitrogens is 4. The van der Waals surface area contributed by atoms with Crippen LogP contribution in [0.5, 0.6) is 0 Å². The molecule has 0 bridgehead atoms. The Morgan fingerprint density at radius 2 is 2.00 bits per heavy atom. The molecule has 0 aromatic carbocycles. The Hall–Kier alpha value is -2.26.